The van der Waals surface area contributed by atoms with E-state index < -0.39 is 26.7 Å². The summed E-state index contributed by atoms with van der Waals surface area (Å²) in [5, 5.41) is 8.69. The number of carboxylic acids is 1. The number of aromatic carboxylic acids is 1. The summed E-state index contributed by atoms with van der Waals surface area (Å²) >= 11 is 0. The zero-order valence-electron chi connectivity index (χ0n) is 10.7. The first kappa shape index (κ1) is 15.6. The van der Waals surface area contributed by atoms with Gasteiger partial charge in [0.05, 0.1) is 5.56 Å². The molecule has 0 aliphatic heterocycles. The number of carbonyl (C=O) groups is 1. The lowest BCUT2D eigenvalue weighted by Crippen LogP contribution is -2.34. The average molecular weight is 289 g/mol. The maximum Gasteiger partial charge on any atom is 0.335 e. The van der Waals surface area contributed by atoms with Crippen LogP contribution in [0.3, 0.4) is 0 Å². The molecule has 0 saturated carbocycles. The molecule has 0 atom stereocenters. The fraction of sp³-hybridized carbons (Fsp3) is 0.417. The van der Waals surface area contributed by atoms with Crippen molar-refractivity contribution in [2.45, 2.75) is 37.6 Å². The lowest BCUT2D eigenvalue weighted by Gasteiger charge is -2.15. The van der Waals surface area contributed by atoms with E-state index in [9.17, 15) is 17.6 Å². The van der Waals surface area contributed by atoms with E-state index in [1.165, 1.54) is 0 Å². The summed E-state index contributed by atoms with van der Waals surface area (Å²) in [6.07, 6.45) is 1.18. The van der Waals surface area contributed by atoms with Gasteiger partial charge in [0, 0.05) is 6.04 Å². The molecule has 0 saturated heterocycles. The minimum atomic E-state index is -3.97. The largest absolute Gasteiger partial charge is 0.478 e. The Hall–Kier alpha value is -1.47. The van der Waals surface area contributed by atoms with Gasteiger partial charge in [-0.15, -0.1) is 0 Å². The van der Waals surface area contributed by atoms with Gasteiger partial charge in [0.25, 0.3) is 0 Å². The van der Waals surface area contributed by atoms with E-state index >= 15 is 0 Å². The van der Waals surface area contributed by atoms with E-state index in [0.717, 1.165) is 12.1 Å². The summed E-state index contributed by atoms with van der Waals surface area (Å²) in [6, 6.07) is 2.45. The summed E-state index contributed by atoms with van der Waals surface area (Å²) in [5.74, 6) is -2.38. The molecule has 5 nitrogen and oxygen atoms in total. The first-order chi connectivity index (χ1) is 8.81. The van der Waals surface area contributed by atoms with Crippen LogP contribution in [0, 0.1) is 5.82 Å². The van der Waals surface area contributed by atoms with Crippen LogP contribution in [0.15, 0.2) is 23.1 Å². The van der Waals surface area contributed by atoms with Crippen LogP contribution in [-0.4, -0.2) is 25.5 Å². The number of nitrogens with one attached hydrogen (secondary N) is 1. The van der Waals surface area contributed by atoms with Gasteiger partial charge in [0.15, 0.2) is 0 Å². The topological polar surface area (TPSA) is 83.5 Å². The Kier molecular flexibility index (Phi) is 5.02. The van der Waals surface area contributed by atoms with Crippen molar-refractivity contribution in [2.24, 2.45) is 0 Å². The zero-order valence-corrected chi connectivity index (χ0v) is 11.5. The summed E-state index contributed by atoms with van der Waals surface area (Å²) < 4.78 is 40.0. The Labute approximate surface area is 111 Å². The van der Waals surface area contributed by atoms with Crippen molar-refractivity contribution in [2.75, 3.05) is 0 Å². The van der Waals surface area contributed by atoms with Crippen LogP contribution in [0.2, 0.25) is 0 Å². The normalized spacial score (nSPS) is 11.8. The summed E-state index contributed by atoms with van der Waals surface area (Å²) in [6.45, 7) is 3.64. The molecule has 7 heteroatoms. The molecule has 0 heterocycles. The standard InChI is InChI=1S/C12H16FNO4S/c1-3-9(4-2)14-19(17,18)11-6-5-8(12(15)16)7-10(11)13/h5-7,9,14H,3-4H2,1-2H3,(H,15,16). The third-order valence-electron chi connectivity index (χ3n) is 2.78. The molecule has 2 N–H and O–H groups in total. The van der Waals surface area contributed by atoms with Gasteiger partial charge in [-0.25, -0.2) is 22.3 Å². The number of hydrogen-bond acceptors (Lipinski definition) is 3. The Morgan fingerprint density at radius 3 is 2.37 bits per heavy atom. The Bertz CT molecular complexity index is 567. The fourth-order valence-electron chi connectivity index (χ4n) is 1.59. The first-order valence-electron chi connectivity index (χ1n) is 5.87. The molecule has 106 valence electrons. The van der Waals surface area contributed by atoms with E-state index in [0.29, 0.717) is 18.9 Å². The van der Waals surface area contributed by atoms with Gasteiger partial charge >= 0.3 is 5.97 Å². The maximum atomic E-state index is 13.7. The summed E-state index contributed by atoms with van der Waals surface area (Å²) in [5.41, 5.74) is -0.293. The molecule has 1 rings (SSSR count). The van der Waals surface area contributed by atoms with Crippen LogP contribution in [0.4, 0.5) is 4.39 Å². The van der Waals surface area contributed by atoms with E-state index in [2.05, 4.69) is 4.72 Å². The minimum absolute atomic E-state index is 0.274. The summed E-state index contributed by atoms with van der Waals surface area (Å²) in [7, 11) is -3.97. The van der Waals surface area contributed by atoms with Crippen LogP contribution in [-0.2, 0) is 10.0 Å². The number of benzene rings is 1. The van der Waals surface area contributed by atoms with Gasteiger partial charge in [0.1, 0.15) is 10.7 Å². The molecule has 19 heavy (non-hydrogen) atoms. The highest BCUT2D eigenvalue weighted by Gasteiger charge is 2.22. The molecule has 0 amide bonds. The molecule has 0 aliphatic rings. The van der Waals surface area contributed by atoms with Crippen molar-refractivity contribution < 1.29 is 22.7 Å². The van der Waals surface area contributed by atoms with Crippen molar-refractivity contribution in [3.8, 4) is 0 Å². The quantitative estimate of drug-likeness (QED) is 0.839. The number of rotatable bonds is 6. The maximum absolute atomic E-state index is 13.7. The molecule has 0 spiro atoms. The van der Waals surface area contributed by atoms with E-state index in [1.807, 2.05) is 13.8 Å². The van der Waals surface area contributed by atoms with E-state index in [1.54, 1.807) is 0 Å². The monoisotopic (exact) mass is 289 g/mol. The van der Waals surface area contributed by atoms with Gasteiger partial charge in [-0.05, 0) is 31.0 Å². The van der Waals surface area contributed by atoms with Crippen molar-refractivity contribution >= 4 is 16.0 Å². The highest BCUT2D eigenvalue weighted by Crippen LogP contribution is 2.17. The molecule has 0 radical (unpaired) electrons. The van der Waals surface area contributed by atoms with Crippen LogP contribution in [0.25, 0.3) is 0 Å². The number of carboxylic acid groups (broad SMARTS) is 1. The molecule has 1 aromatic rings. The second kappa shape index (κ2) is 6.12. The van der Waals surface area contributed by atoms with E-state index in [-0.39, 0.29) is 11.6 Å². The predicted molar refractivity (Wildman–Crippen MR) is 68.1 cm³/mol. The van der Waals surface area contributed by atoms with E-state index in [4.69, 9.17) is 5.11 Å². The number of hydrogen-bond donors (Lipinski definition) is 2. The second-order valence-electron chi connectivity index (χ2n) is 4.09. The van der Waals surface area contributed by atoms with Crippen molar-refractivity contribution in [3.63, 3.8) is 0 Å². The van der Waals surface area contributed by atoms with Gasteiger partial charge in [-0.2, -0.15) is 0 Å². The van der Waals surface area contributed by atoms with Crippen molar-refractivity contribution in [3.05, 3.63) is 29.6 Å². The molecule has 0 bridgehead atoms. The lowest BCUT2D eigenvalue weighted by atomic mass is 10.2. The second-order valence-corrected chi connectivity index (χ2v) is 5.77. The SMILES string of the molecule is CCC(CC)NS(=O)(=O)c1ccc(C(=O)O)cc1F. The van der Waals surface area contributed by atoms with Crippen LogP contribution < -0.4 is 4.72 Å². The molecule has 0 fully saturated rings. The van der Waals surface area contributed by atoms with Crippen molar-refractivity contribution in [1.29, 1.82) is 0 Å². The smallest absolute Gasteiger partial charge is 0.335 e. The Balaban J connectivity index is 3.12. The Morgan fingerprint density at radius 1 is 1.37 bits per heavy atom. The third kappa shape index (κ3) is 3.74. The first-order valence-corrected chi connectivity index (χ1v) is 7.35. The molecule has 0 aliphatic carbocycles. The number of halogens is 1. The van der Waals surface area contributed by atoms with Crippen molar-refractivity contribution in [1.82, 2.24) is 4.72 Å². The summed E-state index contributed by atoms with van der Waals surface area (Å²) in [4.78, 5) is 10.1. The number of sulfonamides is 1. The van der Waals surface area contributed by atoms with Gasteiger partial charge < -0.3 is 5.11 Å². The average Bonchev–Trinajstić information content (AvgIpc) is 2.35. The zero-order chi connectivity index (χ0) is 14.6. The molecular weight excluding hydrogens is 273 g/mol. The van der Waals surface area contributed by atoms with Crippen LogP contribution in [0.5, 0.6) is 0 Å². The van der Waals surface area contributed by atoms with Gasteiger partial charge in [0.2, 0.25) is 10.0 Å². The molecule has 1 aromatic carbocycles. The van der Waals surface area contributed by atoms with Gasteiger partial charge in [-0.1, -0.05) is 13.8 Å². The van der Waals surface area contributed by atoms with Crippen LogP contribution in [0.1, 0.15) is 37.0 Å². The predicted octanol–water partition coefficient (Wildman–Crippen LogP) is 1.99. The minimum Gasteiger partial charge on any atom is -0.478 e. The highest BCUT2D eigenvalue weighted by atomic mass is 32.2. The molecule has 0 unspecified atom stereocenters. The highest BCUT2D eigenvalue weighted by molar-refractivity contribution is 7.89. The third-order valence-corrected chi connectivity index (χ3v) is 4.33. The lowest BCUT2D eigenvalue weighted by molar-refractivity contribution is 0.0696. The Morgan fingerprint density at radius 2 is 1.95 bits per heavy atom. The van der Waals surface area contributed by atoms with Gasteiger partial charge in [-0.3, -0.25) is 0 Å². The molecule has 0 aromatic heterocycles. The fourth-order valence-corrected chi connectivity index (χ4v) is 3.05. The molecular formula is C12H16FNO4S. The van der Waals surface area contributed by atoms with Crippen LogP contribution >= 0.6 is 0 Å².